The molecule has 0 fully saturated rings. The lowest BCUT2D eigenvalue weighted by Gasteiger charge is -2.11. The molecule has 0 radical (unpaired) electrons. The minimum Gasteiger partial charge on any atom is -0.378 e. The van der Waals surface area contributed by atoms with Gasteiger partial charge in [0.1, 0.15) is 0 Å². The molecule has 2 aromatic carbocycles. The van der Waals surface area contributed by atoms with Gasteiger partial charge in [-0.05, 0) is 71.8 Å². The SMILES string of the molecule is CN(C)c1ccc(/C=C/c2ccc3ccc(/C=C/c4ccc(N(C)C)cc4)nc3n2)cc1. The summed E-state index contributed by atoms with van der Waals surface area (Å²) in [5.41, 5.74) is 7.18. The van der Waals surface area contributed by atoms with Crippen LogP contribution in [0.5, 0.6) is 0 Å². The fraction of sp³-hybridized carbons (Fsp3) is 0.143. The average molecular weight is 421 g/mol. The molecule has 0 aliphatic heterocycles. The third kappa shape index (κ3) is 5.22. The summed E-state index contributed by atoms with van der Waals surface area (Å²) in [4.78, 5) is 13.7. The summed E-state index contributed by atoms with van der Waals surface area (Å²) >= 11 is 0. The molecular weight excluding hydrogens is 392 g/mol. The van der Waals surface area contributed by atoms with Crippen LogP contribution in [0.3, 0.4) is 0 Å². The highest BCUT2D eigenvalue weighted by Crippen LogP contribution is 2.18. The van der Waals surface area contributed by atoms with Crippen molar-refractivity contribution in [2.45, 2.75) is 0 Å². The molecule has 2 heterocycles. The number of benzene rings is 2. The molecule has 0 spiro atoms. The Kier molecular flexibility index (Phi) is 6.31. The van der Waals surface area contributed by atoms with Crippen LogP contribution in [0.4, 0.5) is 11.4 Å². The zero-order chi connectivity index (χ0) is 22.5. The number of fused-ring (bicyclic) bond motifs is 1. The Balaban J connectivity index is 1.52. The van der Waals surface area contributed by atoms with Gasteiger partial charge in [-0.2, -0.15) is 0 Å². The minimum atomic E-state index is 0.750. The first-order chi connectivity index (χ1) is 15.5. The van der Waals surface area contributed by atoms with Gasteiger partial charge < -0.3 is 9.80 Å². The van der Waals surface area contributed by atoms with Gasteiger partial charge in [-0.25, -0.2) is 9.97 Å². The molecule has 2 aromatic heterocycles. The van der Waals surface area contributed by atoms with Crippen molar-refractivity contribution in [1.82, 2.24) is 9.97 Å². The summed E-state index contributed by atoms with van der Waals surface area (Å²) in [6, 6.07) is 25.1. The van der Waals surface area contributed by atoms with Gasteiger partial charge in [0.05, 0.1) is 11.4 Å². The molecule has 0 aliphatic carbocycles. The highest BCUT2D eigenvalue weighted by molar-refractivity contribution is 5.80. The van der Waals surface area contributed by atoms with E-state index in [9.17, 15) is 0 Å². The number of hydrogen-bond acceptors (Lipinski definition) is 4. The number of aromatic nitrogens is 2. The molecule has 0 amide bonds. The van der Waals surface area contributed by atoms with Gasteiger partial charge in [-0.1, -0.05) is 36.4 Å². The van der Waals surface area contributed by atoms with Gasteiger partial charge in [0, 0.05) is 45.0 Å². The topological polar surface area (TPSA) is 32.3 Å². The molecule has 4 rings (SSSR count). The van der Waals surface area contributed by atoms with E-state index in [1.165, 1.54) is 11.4 Å². The van der Waals surface area contributed by atoms with E-state index in [2.05, 4.69) is 82.6 Å². The summed E-state index contributed by atoms with van der Waals surface area (Å²) in [5, 5.41) is 1.03. The third-order valence-electron chi connectivity index (χ3n) is 5.31. The van der Waals surface area contributed by atoms with Crippen molar-refractivity contribution in [3.63, 3.8) is 0 Å². The van der Waals surface area contributed by atoms with Crippen molar-refractivity contribution >= 4 is 46.7 Å². The monoisotopic (exact) mass is 420 g/mol. The summed E-state index contributed by atoms with van der Waals surface area (Å²) in [6.07, 6.45) is 8.21. The molecule has 0 aliphatic rings. The molecule has 4 heteroatoms. The van der Waals surface area contributed by atoms with Crippen molar-refractivity contribution in [3.8, 4) is 0 Å². The Labute approximate surface area is 190 Å². The number of rotatable bonds is 6. The van der Waals surface area contributed by atoms with Crippen LogP contribution in [-0.2, 0) is 0 Å². The molecule has 4 aromatic rings. The molecule has 0 saturated carbocycles. The first kappa shape index (κ1) is 21.3. The summed E-state index contributed by atoms with van der Waals surface area (Å²) in [5.74, 6) is 0. The first-order valence-corrected chi connectivity index (χ1v) is 10.7. The highest BCUT2D eigenvalue weighted by atomic mass is 15.1. The predicted octanol–water partition coefficient (Wildman–Crippen LogP) is 6.10. The molecule has 4 nitrogen and oxygen atoms in total. The number of anilines is 2. The minimum absolute atomic E-state index is 0.750. The predicted molar refractivity (Wildman–Crippen MR) is 139 cm³/mol. The molecule has 0 saturated heterocycles. The lowest BCUT2D eigenvalue weighted by atomic mass is 10.1. The summed E-state index contributed by atoms with van der Waals surface area (Å²) < 4.78 is 0. The zero-order valence-corrected chi connectivity index (χ0v) is 19.0. The fourth-order valence-corrected chi connectivity index (χ4v) is 3.34. The smallest absolute Gasteiger partial charge is 0.160 e. The van der Waals surface area contributed by atoms with Crippen LogP contribution in [0.15, 0.2) is 72.8 Å². The number of pyridine rings is 2. The van der Waals surface area contributed by atoms with E-state index < -0.39 is 0 Å². The number of hydrogen-bond donors (Lipinski definition) is 0. The second-order valence-electron chi connectivity index (χ2n) is 8.16. The molecule has 160 valence electrons. The Morgan fingerprint density at radius 3 is 1.28 bits per heavy atom. The lowest BCUT2D eigenvalue weighted by molar-refractivity contribution is 1.13. The van der Waals surface area contributed by atoms with E-state index in [1.54, 1.807) is 0 Å². The van der Waals surface area contributed by atoms with Crippen LogP contribution < -0.4 is 9.80 Å². The van der Waals surface area contributed by atoms with Gasteiger partial charge in [-0.15, -0.1) is 0 Å². The highest BCUT2D eigenvalue weighted by Gasteiger charge is 2.00. The Morgan fingerprint density at radius 1 is 0.500 bits per heavy atom. The van der Waals surface area contributed by atoms with Gasteiger partial charge in [0.15, 0.2) is 5.65 Å². The second kappa shape index (κ2) is 9.48. The van der Waals surface area contributed by atoms with Crippen LogP contribution in [0.1, 0.15) is 22.5 Å². The van der Waals surface area contributed by atoms with Crippen molar-refractivity contribution in [1.29, 1.82) is 0 Å². The van der Waals surface area contributed by atoms with Crippen molar-refractivity contribution in [2.75, 3.05) is 38.0 Å². The van der Waals surface area contributed by atoms with Crippen molar-refractivity contribution < 1.29 is 0 Å². The van der Waals surface area contributed by atoms with Crippen LogP contribution in [0.25, 0.3) is 35.3 Å². The molecule has 0 atom stereocenters. The van der Waals surface area contributed by atoms with Crippen LogP contribution in [0.2, 0.25) is 0 Å². The van der Waals surface area contributed by atoms with E-state index in [-0.39, 0.29) is 0 Å². The maximum Gasteiger partial charge on any atom is 0.160 e. The van der Waals surface area contributed by atoms with Gasteiger partial charge in [0.25, 0.3) is 0 Å². The molecule has 0 N–H and O–H groups in total. The van der Waals surface area contributed by atoms with Gasteiger partial charge >= 0.3 is 0 Å². The Morgan fingerprint density at radius 2 is 0.906 bits per heavy atom. The Hall–Kier alpha value is -3.92. The molecule has 32 heavy (non-hydrogen) atoms. The van der Waals surface area contributed by atoms with E-state index in [0.29, 0.717) is 0 Å². The maximum atomic E-state index is 4.74. The lowest BCUT2D eigenvalue weighted by Crippen LogP contribution is -2.07. The van der Waals surface area contributed by atoms with Gasteiger partial charge in [0.2, 0.25) is 0 Å². The molecular formula is C28H28N4. The van der Waals surface area contributed by atoms with Crippen LogP contribution in [0, 0.1) is 0 Å². The average Bonchev–Trinajstić information content (AvgIpc) is 2.81. The first-order valence-electron chi connectivity index (χ1n) is 10.7. The quantitative estimate of drug-likeness (QED) is 0.377. The van der Waals surface area contributed by atoms with E-state index in [4.69, 9.17) is 9.97 Å². The number of nitrogens with zero attached hydrogens (tertiary/aromatic N) is 4. The van der Waals surface area contributed by atoms with E-state index in [1.807, 2.05) is 52.5 Å². The van der Waals surface area contributed by atoms with Crippen molar-refractivity contribution in [2.24, 2.45) is 0 Å². The standard InChI is InChI=1S/C28H28N4/c1-31(2)26-17-7-21(8-18-26)5-13-24-15-11-23-12-16-25(30-28(23)29-24)14-6-22-9-19-27(20-10-22)32(3)4/h5-20H,1-4H3/b13-5+,14-6+. The normalized spacial score (nSPS) is 11.5. The second-order valence-corrected chi connectivity index (χ2v) is 8.16. The Bertz CT molecular complexity index is 1150. The largest absolute Gasteiger partial charge is 0.378 e. The summed E-state index contributed by atoms with van der Waals surface area (Å²) in [7, 11) is 8.17. The molecule has 0 bridgehead atoms. The third-order valence-corrected chi connectivity index (χ3v) is 5.31. The van der Waals surface area contributed by atoms with Crippen LogP contribution >= 0.6 is 0 Å². The molecule has 0 unspecified atom stereocenters. The van der Waals surface area contributed by atoms with E-state index in [0.717, 1.165) is 33.5 Å². The fourth-order valence-electron chi connectivity index (χ4n) is 3.34. The van der Waals surface area contributed by atoms with Crippen LogP contribution in [-0.4, -0.2) is 38.2 Å². The van der Waals surface area contributed by atoms with Crippen molar-refractivity contribution in [3.05, 3.63) is 95.3 Å². The summed E-state index contributed by atoms with van der Waals surface area (Å²) in [6.45, 7) is 0. The maximum absolute atomic E-state index is 4.74. The van der Waals surface area contributed by atoms with Gasteiger partial charge in [-0.3, -0.25) is 0 Å². The van der Waals surface area contributed by atoms with E-state index >= 15 is 0 Å². The zero-order valence-electron chi connectivity index (χ0n) is 19.0.